The van der Waals surface area contributed by atoms with Gasteiger partial charge in [0.05, 0.1) is 18.8 Å². The van der Waals surface area contributed by atoms with Gasteiger partial charge in [-0.2, -0.15) is 0 Å². The van der Waals surface area contributed by atoms with Crippen LogP contribution in [-0.4, -0.2) is 65.0 Å². The molecule has 0 atom stereocenters. The number of para-hydroxylation sites is 1. The van der Waals surface area contributed by atoms with Crippen molar-refractivity contribution >= 4 is 16.8 Å². The number of hydrogen-bond donors (Lipinski definition) is 1. The van der Waals surface area contributed by atoms with Crippen molar-refractivity contribution in [1.29, 1.82) is 0 Å². The van der Waals surface area contributed by atoms with E-state index in [1.54, 1.807) is 6.92 Å². The molecule has 8 heteroatoms. The smallest absolute Gasteiger partial charge is 0.249 e. The van der Waals surface area contributed by atoms with E-state index in [0.29, 0.717) is 18.3 Å². The van der Waals surface area contributed by atoms with Crippen molar-refractivity contribution in [3.05, 3.63) is 36.4 Å². The number of nitrogens with one attached hydrogen (secondary N) is 1. The Balaban J connectivity index is 1.44. The van der Waals surface area contributed by atoms with Crippen molar-refractivity contribution in [3.63, 3.8) is 0 Å². The molecule has 1 aliphatic heterocycles. The Hall–Kier alpha value is -2.71. The van der Waals surface area contributed by atoms with Gasteiger partial charge in [-0.05, 0) is 6.07 Å². The number of benzene rings is 1. The van der Waals surface area contributed by atoms with Crippen molar-refractivity contribution in [3.8, 4) is 11.5 Å². The van der Waals surface area contributed by atoms with Crippen molar-refractivity contribution in [2.45, 2.75) is 13.5 Å². The number of nitrogens with zero attached hydrogens (tertiary/aromatic N) is 4. The highest BCUT2D eigenvalue weighted by molar-refractivity contribution is 5.94. The molecule has 0 bridgehead atoms. The second-order valence-corrected chi connectivity index (χ2v) is 6.62. The minimum atomic E-state index is -0.0164. The Morgan fingerprint density at radius 1 is 1.22 bits per heavy atom. The first kappa shape index (κ1) is 17.7. The Bertz CT molecular complexity index is 926. The molecular weight excluding hydrogens is 346 g/mol. The van der Waals surface area contributed by atoms with E-state index < -0.39 is 0 Å². The zero-order valence-corrected chi connectivity index (χ0v) is 15.4. The van der Waals surface area contributed by atoms with Gasteiger partial charge in [-0.15, -0.1) is 10.2 Å². The summed E-state index contributed by atoms with van der Waals surface area (Å²) in [5.74, 6) is 0.968. The first-order valence-electron chi connectivity index (χ1n) is 9.16. The first-order chi connectivity index (χ1) is 13.2. The molecule has 8 nitrogen and oxygen atoms in total. The van der Waals surface area contributed by atoms with Gasteiger partial charge in [0.1, 0.15) is 6.54 Å². The van der Waals surface area contributed by atoms with Gasteiger partial charge in [0, 0.05) is 50.2 Å². The predicted molar refractivity (Wildman–Crippen MR) is 100 cm³/mol. The lowest BCUT2D eigenvalue weighted by Gasteiger charge is -2.26. The summed E-state index contributed by atoms with van der Waals surface area (Å²) < 4.78 is 12.8. The van der Waals surface area contributed by atoms with Crippen LogP contribution in [0.5, 0.6) is 0 Å². The number of fused-ring (bicyclic) bond motifs is 1. The molecule has 27 heavy (non-hydrogen) atoms. The number of amides is 1. The highest BCUT2D eigenvalue weighted by Crippen LogP contribution is 2.29. The van der Waals surface area contributed by atoms with E-state index in [1.807, 2.05) is 35.0 Å². The molecule has 0 aliphatic carbocycles. The third-order valence-corrected chi connectivity index (χ3v) is 4.71. The lowest BCUT2D eigenvalue weighted by molar-refractivity contribution is -0.121. The number of hydrogen-bond acceptors (Lipinski definition) is 6. The lowest BCUT2D eigenvalue weighted by atomic mass is 10.2. The van der Waals surface area contributed by atoms with Crippen LogP contribution in [-0.2, 0) is 16.1 Å². The Morgan fingerprint density at radius 2 is 2.04 bits per heavy atom. The fourth-order valence-corrected chi connectivity index (χ4v) is 3.34. The number of morpholine rings is 1. The van der Waals surface area contributed by atoms with Crippen LogP contribution >= 0.6 is 0 Å². The van der Waals surface area contributed by atoms with E-state index in [2.05, 4.69) is 20.4 Å². The van der Waals surface area contributed by atoms with Crippen LogP contribution in [0.3, 0.4) is 0 Å². The summed E-state index contributed by atoms with van der Waals surface area (Å²) in [4.78, 5) is 14.7. The first-order valence-corrected chi connectivity index (χ1v) is 9.16. The third kappa shape index (κ3) is 4.01. The van der Waals surface area contributed by atoms with Crippen molar-refractivity contribution in [1.82, 2.24) is 25.0 Å². The van der Waals surface area contributed by atoms with Crippen molar-refractivity contribution < 1.29 is 13.9 Å². The largest absolute Gasteiger partial charge is 0.421 e. The molecule has 0 radical (unpaired) electrons. The molecule has 0 unspecified atom stereocenters. The third-order valence-electron chi connectivity index (χ3n) is 4.71. The minimum Gasteiger partial charge on any atom is -0.421 e. The highest BCUT2D eigenvalue weighted by atomic mass is 16.5. The van der Waals surface area contributed by atoms with Crippen LogP contribution in [0.2, 0.25) is 0 Å². The Kier molecular flexibility index (Phi) is 5.17. The number of rotatable bonds is 6. The standard InChI is InChI=1S/C19H23N5O3/c1-14-21-22-19(27-14)16-12-24(17-5-3-2-4-15(16)17)13-18(25)20-6-7-23-8-10-26-11-9-23/h2-5,12H,6-11,13H2,1H3,(H,20,25). The van der Waals surface area contributed by atoms with Crippen LogP contribution in [0.4, 0.5) is 0 Å². The summed E-state index contributed by atoms with van der Waals surface area (Å²) in [5.41, 5.74) is 1.80. The molecule has 142 valence electrons. The van der Waals surface area contributed by atoms with E-state index in [4.69, 9.17) is 9.15 Å². The normalized spacial score (nSPS) is 15.3. The van der Waals surface area contributed by atoms with Crippen LogP contribution in [0, 0.1) is 6.92 Å². The molecular formula is C19H23N5O3. The van der Waals surface area contributed by atoms with Crippen molar-refractivity contribution in [2.24, 2.45) is 0 Å². The number of aryl methyl sites for hydroxylation is 1. The van der Waals surface area contributed by atoms with Crippen molar-refractivity contribution in [2.75, 3.05) is 39.4 Å². The maximum atomic E-state index is 12.4. The molecule has 1 amide bonds. The molecule has 0 saturated carbocycles. The number of carbonyl (C=O) groups is 1. The average molecular weight is 369 g/mol. The highest BCUT2D eigenvalue weighted by Gasteiger charge is 2.16. The monoisotopic (exact) mass is 369 g/mol. The molecule has 1 aliphatic rings. The Labute approximate surface area is 157 Å². The molecule has 3 aromatic rings. The quantitative estimate of drug-likeness (QED) is 0.708. The van der Waals surface area contributed by atoms with Gasteiger partial charge in [-0.3, -0.25) is 9.69 Å². The zero-order chi connectivity index (χ0) is 18.6. The summed E-state index contributed by atoms with van der Waals surface area (Å²) in [6.07, 6.45) is 1.90. The lowest BCUT2D eigenvalue weighted by Crippen LogP contribution is -2.41. The molecule has 2 aromatic heterocycles. The fourth-order valence-electron chi connectivity index (χ4n) is 3.34. The van der Waals surface area contributed by atoms with Gasteiger partial charge in [0.2, 0.25) is 17.7 Å². The summed E-state index contributed by atoms with van der Waals surface area (Å²) in [6.45, 7) is 6.86. The van der Waals surface area contributed by atoms with Crippen LogP contribution in [0.15, 0.2) is 34.9 Å². The van der Waals surface area contributed by atoms with E-state index in [-0.39, 0.29) is 12.5 Å². The molecule has 0 spiro atoms. The van der Waals surface area contributed by atoms with Gasteiger partial charge < -0.3 is 19.0 Å². The van der Waals surface area contributed by atoms with Gasteiger partial charge in [0.15, 0.2) is 0 Å². The van der Waals surface area contributed by atoms with E-state index in [9.17, 15) is 4.79 Å². The van der Waals surface area contributed by atoms with E-state index in [0.717, 1.165) is 49.3 Å². The molecule has 1 N–H and O–H groups in total. The minimum absolute atomic E-state index is 0.0164. The van der Waals surface area contributed by atoms with Gasteiger partial charge in [-0.25, -0.2) is 0 Å². The van der Waals surface area contributed by atoms with Gasteiger partial charge in [0.25, 0.3) is 0 Å². The second kappa shape index (κ2) is 7.89. The second-order valence-electron chi connectivity index (χ2n) is 6.62. The number of ether oxygens (including phenoxy) is 1. The molecule has 1 fully saturated rings. The summed E-state index contributed by atoms with van der Waals surface area (Å²) in [5, 5.41) is 12.0. The number of carbonyl (C=O) groups excluding carboxylic acids is 1. The van der Waals surface area contributed by atoms with E-state index in [1.165, 1.54) is 0 Å². The predicted octanol–water partition coefficient (Wildman–Crippen LogP) is 1.45. The molecule has 1 aromatic carbocycles. The molecule has 3 heterocycles. The van der Waals surface area contributed by atoms with Crippen LogP contribution < -0.4 is 5.32 Å². The van der Waals surface area contributed by atoms with Crippen LogP contribution in [0.1, 0.15) is 5.89 Å². The molecule has 1 saturated heterocycles. The zero-order valence-electron chi connectivity index (χ0n) is 15.4. The number of aromatic nitrogens is 3. The maximum Gasteiger partial charge on any atom is 0.249 e. The SMILES string of the molecule is Cc1nnc(-c2cn(CC(=O)NCCN3CCOCC3)c3ccccc23)o1. The van der Waals surface area contributed by atoms with Crippen LogP contribution in [0.25, 0.3) is 22.4 Å². The van der Waals surface area contributed by atoms with E-state index >= 15 is 0 Å². The average Bonchev–Trinajstić information content (AvgIpc) is 3.27. The summed E-state index contributed by atoms with van der Waals surface area (Å²) >= 11 is 0. The molecule has 4 rings (SSSR count). The fraction of sp³-hybridized carbons (Fsp3) is 0.421. The maximum absolute atomic E-state index is 12.4. The Morgan fingerprint density at radius 3 is 2.81 bits per heavy atom. The summed E-state index contributed by atoms with van der Waals surface area (Å²) in [7, 11) is 0. The topological polar surface area (TPSA) is 85.4 Å². The summed E-state index contributed by atoms with van der Waals surface area (Å²) in [6, 6.07) is 7.90. The van der Waals surface area contributed by atoms with Gasteiger partial charge in [-0.1, -0.05) is 18.2 Å². The van der Waals surface area contributed by atoms with Gasteiger partial charge >= 0.3 is 0 Å².